The van der Waals surface area contributed by atoms with Crippen molar-refractivity contribution >= 4 is 23.2 Å². The molecule has 2 aliphatic rings. The summed E-state index contributed by atoms with van der Waals surface area (Å²) in [5.74, 6) is 0. The van der Waals surface area contributed by atoms with Gasteiger partial charge in [-0.3, -0.25) is 4.90 Å². The molecule has 1 unspecified atom stereocenters. The molecule has 1 spiro atoms. The maximum Gasteiger partial charge on any atom is 0.0465 e. The molecule has 2 fully saturated rings. The highest BCUT2D eigenvalue weighted by molar-refractivity contribution is 6.35. The molecule has 0 bridgehead atoms. The standard InChI is InChI=1S/C17H24Cl2N2/c1-13-7-10-20-17(8-2-3-9-17)12-21(13)11-14-15(18)5-4-6-16(14)19/h4-6,13,20H,2-3,7-12H2,1H3. The summed E-state index contributed by atoms with van der Waals surface area (Å²) in [6.07, 6.45) is 6.48. The van der Waals surface area contributed by atoms with Gasteiger partial charge in [0, 0.05) is 40.3 Å². The maximum atomic E-state index is 6.36. The van der Waals surface area contributed by atoms with Gasteiger partial charge in [-0.15, -0.1) is 0 Å². The van der Waals surface area contributed by atoms with Gasteiger partial charge in [-0.2, -0.15) is 0 Å². The topological polar surface area (TPSA) is 15.3 Å². The molecule has 1 aromatic rings. The highest BCUT2D eigenvalue weighted by Gasteiger charge is 2.38. The summed E-state index contributed by atoms with van der Waals surface area (Å²) < 4.78 is 0. The molecular weight excluding hydrogens is 303 g/mol. The first kappa shape index (κ1) is 15.6. The van der Waals surface area contributed by atoms with E-state index in [4.69, 9.17) is 23.2 Å². The lowest BCUT2D eigenvalue weighted by Gasteiger charge is -2.35. The van der Waals surface area contributed by atoms with Crippen LogP contribution in [0.5, 0.6) is 0 Å². The first-order chi connectivity index (χ1) is 10.1. The number of nitrogens with zero attached hydrogens (tertiary/aromatic N) is 1. The van der Waals surface area contributed by atoms with Crippen LogP contribution in [0.2, 0.25) is 10.0 Å². The normalized spacial score (nSPS) is 26.1. The zero-order valence-electron chi connectivity index (χ0n) is 12.7. The van der Waals surface area contributed by atoms with Gasteiger partial charge in [0.2, 0.25) is 0 Å². The number of rotatable bonds is 2. The predicted molar refractivity (Wildman–Crippen MR) is 90.2 cm³/mol. The van der Waals surface area contributed by atoms with Crippen molar-refractivity contribution in [1.29, 1.82) is 0 Å². The second-order valence-corrected chi connectivity index (χ2v) is 7.47. The van der Waals surface area contributed by atoms with E-state index >= 15 is 0 Å². The van der Waals surface area contributed by atoms with Crippen LogP contribution in [0.1, 0.15) is 44.6 Å². The van der Waals surface area contributed by atoms with Crippen LogP contribution >= 0.6 is 23.2 Å². The molecule has 21 heavy (non-hydrogen) atoms. The lowest BCUT2D eigenvalue weighted by Crippen LogP contribution is -2.50. The Morgan fingerprint density at radius 1 is 1.24 bits per heavy atom. The van der Waals surface area contributed by atoms with Crippen LogP contribution in [0.15, 0.2) is 18.2 Å². The molecule has 2 nitrogen and oxygen atoms in total. The molecule has 1 aliphatic carbocycles. The van der Waals surface area contributed by atoms with Crippen LogP contribution in [-0.4, -0.2) is 29.6 Å². The Morgan fingerprint density at radius 2 is 1.90 bits per heavy atom. The molecule has 1 aliphatic heterocycles. The SMILES string of the molecule is CC1CCNC2(CCCC2)CN1Cc1c(Cl)cccc1Cl. The quantitative estimate of drug-likeness (QED) is 0.861. The number of halogens is 2. The van der Waals surface area contributed by atoms with Crippen molar-refractivity contribution in [2.45, 2.75) is 57.2 Å². The van der Waals surface area contributed by atoms with Gasteiger partial charge < -0.3 is 5.32 Å². The second kappa shape index (κ2) is 6.45. The fourth-order valence-electron chi connectivity index (χ4n) is 3.81. The molecule has 0 amide bonds. The molecule has 1 saturated heterocycles. The lowest BCUT2D eigenvalue weighted by molar-refractivity contribution is 0.160. The third kappa shape index (κ3) is 3.39. The number of hydrogen-bond donors (Lipinski definition) is 1. The Balaban J connectivity index is 1.81. The molecule has 116 valence electrons. The zero-order valence-corrected chi connectivity index (χ0v) is 14.2. The van der Waals surface area contributed by atoms with E-state index in [2.05, 4.69) is 17.1 Å². The second-order valence-electron chi connectivity index (χ2n) is 6.66. The van der Waals surface area contributed by atoms with Gasteiger partial charge in [-0.1, -0.05) is 42.1 Å². The third-order valence-electron chi connectivity index (χ3n) is 5.17. The van der Waals surface area contributed by atoms with Crippen molar-refractivity contribution in [2.24, 2.45) is 0 Å². The van der Waals surface area contributed by atoms with Gasteiger partial charge in [0.05, 0.1) is 0 Å². The maximum absolute atomic E-state index is 6.36. The van der Waals surface area contributed by atoms with Crippen LogP contribution in [-0.2, 0) is 6.54 Å². The van der Waals surface area contributed by atoms with Crippen molar-refractivity contribution in [2.75, 3.05) is 13.1 Å². The van der Waals surface area contributed by atoms with E-state index in [1.807, 2.05) is 18.2 Å². The lowest BCUT2D eigenvalue weighted by atomic mass is 9.96. The van der Waals surface area contributed by atoms with Crippen molar-refractivity contribution < 1.29 is 0 Å². The fraction of sp³-hybridized carbons (Fsp3) is 0.647. The predicted octanol–water partition coefficient (Wildman–Crippen LogP) is 4.49. The molecule has 0 aromatic heterocycles. The van der Waals surface area contributed by atoms with Gasteiger partial charge in [-0.05, 0) is 44.9 Å². The van der Waals surface area contributed by atoms with Crippen LogP contribution in [0.3, 0.4) is 0 Å². The smallest absolute Gasteiger partial charge is 0.0465 e. The average Bonchev–Trinajstić information content (AvgIpc) is 2.84. The highest BCUT2D eigenvalue weighted by Crippen LogP contribution is 2.34. The van der Waals surface area contributed by atoms with Crippen LogP contribution in [0.4, 0.5) is 0 Å². The average molecular weight is 327 g/mol. The number of nitrogens with one attached hydrogen (secondary N) is 1. The Kier molecular flexibility index (Phi) is 4.80. The van der Waals surface area contributed by atoms with E-state index in [0.717, 1.165) is 35.2 Å². The van der Waals surface area contributed by atoms with E-state index in [1.54, 1.807) is 0 Å². The van der Waals surface area contributed by atoms with Gasteiger partial charge in [0.1, 0.15) is 0 Å². The van der Waals surface area contributed by atoms with Crippen LogP contribution in [0.25, 0.3) is 0 Å². The Bertz CT molecular complexity index is 477. The fourth-order valence-corrected chi connectivity index (χ4v) is 4.33. The van der Waals surface area contributed by atoms with Gasteiger partial charge in [0.15, 0.2) is 0 Å². The molecule has 1 N–H and O–H groups in total. The number of benzene rings is 1. The van der Waals surface area contributed by atoms with Gasteiger partial charge in [-0.25, -0.2) is 0 Å². The zero-order chi connectivity index (χ0) is 14.9. The van der Waals surface area contributed by atoms with E-state index in [1.165, 1.54) is 32.1 Å². The molecule has 1 heterocycles. The minimum atomic E-state index is 0.318. The van der Waals surface area contributed by atoms with Crippen molar-refractivity contribution in [3.8, 4) is 0 Å². The molecule has 1 atom stereocenters. The minimum Gasteiger partial charge on any atom is -0.310 e. The molecule has 1 saturated carbocycles. The summed E-state index contributed by atoms with van der Waals surface area (Å²) in [6.45, 7) is 5.40. The Labute approximate surface area is 137 Å². The summed E-state index contributed by atoms with van der Waals surface area (Å²) in [4.78, 5) is 2.57. The summed E-state index contributed by atoms with van der Waals surface area (Å²) >= 11 is 12.7. The molecule has 1 aromatic carbocycles. The van der Waals surface area contributed by atoms with E-state index in [0.29, 0.717) is 11.6 Å². The summed E-state index contributed by atoms with van der Waals surface area (Å²) in [7, 11) is 0. The van der Waals surface area contributed by atoms with E-state index in [9.17, 15) is 0 Å². The summed E-state index contributed by atoms with van der Waals surface area (Å²) in [5.41, 5.74) is 1.39. The van der Waals surface area contributed by atoms with E-state index < -0.39 is 0 Å². The monoisotopic (exact) mass is 326 g/mol. The first-order valence-electron chi connectivity index (χ1n) is 8.02. The Hall–Kier alpha value is -0.280. The summed E-state index contributed by atoms with van der Waals surface area (Å²) in [6, 6.07) is 6.36. The first-order valence-corrected chi connectivity index (χ1v) is 8.77. The largest absolute Gasteiger partial charge is 0.310 e. The summed E-state index contributed by atoms with van der Waals surface area (Å²) in [5, 5.41) is 5.39. The van der Waals surface area contributed by atoms with Crippen molar-refractivity contribution in [1.82, 2.24) is 10.2 Å². The third-order valence-corrected chi connectivity index (χ3v) is 5.88. The molecular formula is C17H24Cl2N2. The van der Waals surface area contributed by atoms with Crippen LogP contribution in [0, 0.1) is 0 Å². The number of hydrogen-bond acceptors (Lipinski definition) is 2. The van der Waals surface area contributed by atoms with E-state index in [-0.39, 0.29) is 0 Å². The highest BCUT2D eigenvalue weighted by atomic mass is 35.5. The van der Waals surface area contributed by atoms with Crippen molar-refractivity contribution in [3.63, 3.8) is 0 Å². The minimum absolute atomic E-state index is 0.318. The molecule has 3 rings (SSSR count). The van der Waals surface area contributed by atoms with Gasteiger partial charge >= 0.3 is 0 Å². The molecule has 0 radical (unpaired) electrons. The Morgan fingerprint density at radius 3 is 2.57 bits per heavy atom. The van der Waals surface area contributed by atoms with Gasteiger partial charge in [0.25, 0.3) is 0 Å². The van der Waals surface area contributed by atoms with Crippen LogP contribution < -0.4 is 5.32 Å². The molecule has 4 heteroatoms. The van der Waals surface area contributed by atoms with Crippen molar-refractivity contribution in [3.05, 3.63) is 33.8 Å².